The lowest BCUT2D eigenvalue weighted by Crippen LogP contribution is -2.47. The maximum atomic E-state index is 11.6. The molecule has 2 bridgehead atoms. The standard InChI is InChI=1S/C23H31N5O/c24-23(29)17-8-4-7-16(11-17)18-12-19-9-10-20(13-18)28(19)22(21-14-25-27-26-21)15-5-2-1-3-6-15/h4,7-8,11,14-15,18-20,22H,1-3,5-6,9-10,12-13H2,(H2,24,29)(H,25,26,27)/t18?,19-,20+,22?. The van der Waals surface area contributed by atoms with Crippen molar-refractivity contribution < 1.29 is 4.79 Å². The molecule has 1 amide bonds. The lowest BCUT2D eigenvalue weighted by molar-refractivity contribution is 0.0310. The maximum absolute atomic E-state index is 11.6. The fourth-order valence-corrected chi connectivity index (χ4v) is 6.33. The fraction of sp³-hybridized carbons (Fsp3) is 0.609. The molecule has 5 rings (SSSR count). The van der Waals surface area contributed by atoms with Crippen LogP contribution in [0.1, 0.15) is 91.4 Å². The molecule has 6 nitrogen and oxygen atoms in total. The number of rotatable bonds is 5. The third kappa shape index (κ3) is 3.59. The second-order valence-electron chi connectivity index (χ2n) is 9.23. The normalized spacial score (nSPS) is 29.0. The lowest BCUT2D eigenvalue weighted by Gasteiger charge is -2.46. The van der Waals surface area contributed by atoms with Gasteiger partial charge in [0.15, 0.2) is 0 Å². The van der Waals surface area contributed by atoms with Gasteiger partial charge in [0.2, 0.25) is 5.91 Å². The van der Waals surface area contributed by atoms with Gasteiger partial charge in [-0.2, -0.15) is 15.4 Å². The molecule has 2 unspecified atom stereocenters. The van der Waals surface area contributed by atoms with E-state index in [2.05, 4.69) is 26.4 Å². The molecular formula is C23H31N5O. The molecule has 3 aliphatic rings. The van der Waals surface area contributed by atoms with Gasteiger partial charge in [0.1, 0.15) is 0 Å². The van der Waals surface area contributed by atoms with Crippen LogP contribution in [0.4, 0.5) is 0 Å². The monoisotopic (exact) mass is 393 g/mol. The van der Waals surface area contributed by atoms with Crippen LogP contribution in [0.15, 0.2) is 30.5 Å². The van der Waals surface area contributed by atoms with Crippen LogP contribution >= 0.6 is 0 Å². The molecule has 4 atom stereocenters. The summed E-state index contributed by atoms with van der Waals surface area (Å²) in [6.07, 6.45) is 13.4. The van der Waals surface area contributed by atoms with Crippen LogP contribution in [0, 0.1) is 5.92 Å². The molecule has 1 aromatic heterocycles. The Morgan fingerprint density at radius 3 is 2.52 bits per heavy atom. The van der Waals surface area contributed by atoms with E-state index in [9.17, 15) is 4.79 Å². The van der Waals surface area contributed by atoms with Gasteiger partial charge >= 0.3 is 0 Å². The van der Waals surface area contributed by atoms with E-state index in [0.29, 0.717) is 35.5 Å². The number of amides is 1. The summed E-state index contributed by atoms with van der Waals surface area (Å²) in [4.78, 5) is 14.4. The average molecular weight is 394 g/mol. The lowest BCUT2D eigenvalue weighted by atomic mass is 9.78. The Kier molecular flexibility index (Phi) is 5.12. The van der Waals surface area contributed by atoms with E-state index in [4.69, 9.17) is 5.73 Å². The number of piperidine rings is 1. The molecule has 2 saturated heterocycles. The number of nitrogens with one attached hydrogen (secondary N) is 1. The Morgan fingerprint density at radius 2 is 1.86 bits per heavy atom. The number of fused-ring (bicyclic) bond motifs is 2. The molecule has 1 saturated carbocycles. The third-order valence-corrected chi connectivity index (χ3v) is 7.59. The van der Waals surface area contributed by atoms with Crippen molar-refractivity contribution in [2.45, 2.75) is 81.8 Å². The van der Waals surface area contributed by atoms with Crippen LogP contribution < -0.4 is 5.73 Å². The van der Waals surface area contributed by atoms with Gasteiger partial charge in [-0.3, -0.25) is 9.69 Å². The van der Waals surface area contributed by atoms with Crippen molar-refractivity contribution >= 4 is 5.91 Å². The summed E-state index contributed by atoms with van der Waals surface area (Å²) in [5, 5.41) is 11.5. The number of benzene rings is 1. The molecule has 2 aromatic rings. The van der Waals surface area contributed by atoms with Crippen molar-refractivity contribution in [3.05, 3.63) is 47.3 Å². The molecule has 29 heavy (non-hydrogen) atoms. The van der Waals surface area contributed by atoms with E-state index in [1.807, 2.05) is 24.4 Å². The topological polar surface area (TPSA) is 87.9 Å². The van der Waals surface area contributed by atoms with Gasteiger partial charge in [0, 0.05) is 17.6 Å². The number of nitrogens with zero attached hydrogens (tertiary/aromatic N) is 3. The van der Waals surface area contributed by atoms with Crippen LogP contribution in [0.3, 0.4) is 0 Å². The highest BCUT2D eigenvalue weighted by molar-refractivity contribution is 5.92. The number of primary amides is 1. The SMILES string of the molecule is NC(=O)c1cccc(C2C[C@H]3CC[C@@H](C2)N3C(c2cn[nH]n2)C2CCCCC2)c1. The maximum Gasteiger partial charge on any atom is 0.248 e. The van der Waals surface area contributed by atoms with Crippen molar-refractivity contribution in [3.63, 3.8) is 0 Å². The smallest absolute Gasteiger partial charge is 0.248 e. The van der Waals surface area contributed by atoms with Crippen molar-refractivity contribution in [2.75, 3.05) is 0 Å². The van der Waals surface area contributed by atoms with Crippen LogP contribution in [0.25, 0.3) is 0 Å². The second kappa shape index (κ2) is 7.90. The van der Waals surface area contributed by atoms with Gasteiger partial charge < -0.3 is 5.73 Å². The van der Waals surface area contributed by atoms with Crippen LogP contribution in [-0.2, 0) is 0 Å². The zero-order valence-corrected chi connectivity index (χ0v) is 17.0. The molecule has 3 N–H and O–H groups in total. The summed E-state index contributed by atoms with van der Waals surface area (Å²) in [5.74, 6) is 0.856. The average Bonchev–Trinajstić information content (AvgIpc) is 3.36. The molecule has 0 spiro atoms. The number of aromatic amines is 1. The molecule has 3 heterocycles. The fourth-order valence-electron chi connectivity index (χ4n) is 6.33. The summed E-state index contributed by atoms with van der Waals surface area (Å²) in [6, 6.07) is 9.54. The summed E-state index contributed by atoms with van der Waals surface area (Å²) in [7, 11) is 0. The largest absolute Gasteiger partial charge is 0.366 e. The molecular weight excluding hydrogens is 362 g/mol. The van der Waals surface area contributed by atoms with E-state index in [0.717, 1.165) is 18.5 Å². The predicted octanol–water partition coefficient (Wildman–Crippen LogP) is 3.94. The van der Waals surface area contributed by atoms with Crippen LogP contribution in [0.2, 0.25) is 0 Å². The number of hydrogen-bond donors (Lipinski definition) is 2. The van der Waals surface area contributed by atoms with Gasteiger partial charge in [-0.1, -0.05) is 31.4 Å². The number of hydrogen-bond acceptors (Lipinski definition) is 4. The zero-order chi connectivity index (χ0) is 19.8. The van der Waals surface area contributed by atoms with Gasteiger partial charge in [0.25, 0.3) is 0 Å². The molecule has 6 heteroatoms. The van der Waals surface area contributed by atoms with Crippen LogP contribution in [-0.4, -0.2) is 38.3 Å². The quantitative estimate of drug-likeness (QED) is 0.805. The molecule has 1 aromatic carbocycles. The third-order valence-electron chi connectivity index (χ3n) is 7.59. The Hall–Kier alpha value is -2.21. The summed E-state index contributed by atoms with van der Waals surface area (Å²) >= 11 is 0. The second-order valence-corrected chi connectivity index (χ2v) is 9.23. The first-order valence-corrected chi connectivity index (χ1v) is 11.2. The molecule has 2 aliphatic heterocycles. The van der Waals surface area contributed by atoms with E-state index in [-0.39, 0.29) is 5.91 Å². The van der Waals surface area contributed by atoms with E-state index < -0.39 is 0 Å². The number of carbonyl (C=O) groups is 1. The first kappa shape index (κ1) is 18.8. The molecule has 0 radical (unpaired) electrons. The first-order chi connectivity index (χ1) is 14.2. The summed E-state index contributed by atoms with van der Waals surface area (Å²) < 4.78 is 0. The van der Waals surface area contributed by atoms with Gasteiger partial charge in [-0.25, -0.2) is 0 Å². The highest BCUT2D eigenvalue weighted by atomic mass is 16.1. The molecule has 3 fully saturated rings. The summed E-state index contributed by atoms with van der Waals surface area (Å²) in [6.45, 7) is 0. The first-order valence-electron chi connectivity index (χ1n) is 11.2. The Balaban J connectivity index is 1.40. The molecule has 1 aliphatic carbocycles. The van der Waals surface area contributed by atoms with E-state index in [1.54, 1.807) is 0 Å². The Bertz CT molecular complexity index is 831. The highest BCUT2D eigenvalue weighted by Gasteiger charge is 2.47. The van der Waals surface area contributed by atoms with Gasteiger partial charge in [0.05, 0.1) is 17.9 Å². The number of nitrogens with two attached hydrogens (primary N) is 1. The molecule has 154 valence electrons. The van der Waals surface area contributed by atoms with E-state index >= 15 is 0 Å². The predicted molar refractivity (Wildman–Crippen MR) is 111 cm³/mol. The van der Waals surface area contributed by atoms with Crippen molar-refractivity contribution in [3.8, 4) is 0 Å². The minimum absolute atomic E-state index is 0.337. The van der Waals surface area contributed by atoms with Crippen molar-refractivity contribution in [1.82, 2.24) is 20.3 Å². The number of aromatic nitrogens is 3. The van der Waals surface area contributed by atoms with E-state index in [1.165, 1.54) is 50.5 Å². The highest BCUT2D eigenvalue weighted by Crippen LogP contribution is 2.50. The summed E-state index contributed by atoms with van der Waals surface area (Å²) in [5.41, 5.74) is 8.54. The Morgan fingerprint density at radius 1 is 1.10 bits per heavy atom. The number of carbonyl (C=O) groups excluding carboxylic acids is 1. The minimum Gasteiger partial charge on any atom is -0.366 e. The Labute approximate surface area is 172 Å². The van der Waals surface area contributed by atoms with Crippen molar-refractivity contribution in [1.29, 1.82) is 0 Å². The van der Waals surface area contributed by atoms with Gasteiger partial charge in [-0.05, 0) is 68.1 Å². The van der Waals surface area contributed by atoms with Crippen molar-refractivity contribution in [2.24, 2.45) is 11.7 Å². The van der Waals surface area contributed by atoms with Gasteiger partial charge in [-0.15, -0.1) is 0 Å². The van der Waals surface area contributed by atoms with Crippen LogP contribution in [0.5, 0.6) is 0 Å². The zero-order valence-electron chi connectivity index (χ0n) is 17.0. The minimum atomic E-state index is -0.337. The number of H-pyrrole nitrogens is 1.